The van der Waals surface area contributed by atoms with Crippen LogP contribution in [0, 0.1) is 0 Å². The van der Waals surface area contributed by atoms with Crippen molar-refractivity contribution in [3.8, 4) is 0 Å². The van der Waals surface area contributed by atoms with Gasteiger partial charge in [-0.05, 0) is 31.3 Å². The monoisotopic (exact) mass is 402 g/mol. The summed E-state index contributed by atoms with van der Waals surface area (Å²) in [7, 11) is 1.88. The summed E-state index contributed by atoms with van der Waals surface area (Å²) in [6.07, 6.45) is 0. The first kappa shape index (κ1) is 20.5. The fourth-order valence-corrected chi connectivity index (χ4v) is 3.43. The molecule has 3 rings (SSSR count). The first-order valence-electron chi connectivity index (χ1n) is 9.32. The zero-order valence-corrected chi connectivity index (χ0v) is 16.7. The van der Waals surface area contributed by atoms with Gasteiger partial charge in [-0.15, -0.1) is 0 Å². The molecule has 6 nitrogen and oxygen atoms in total. The number of quaternary nitrogens is 1. The molecule has 0 spiro atoms. The van der Waals surface area contributed by atoms with Crippen LogP contribution in [0.15, 0.2) is 48.5 Å². The Kier molecular flexibility index (Phi) is 7.17. The molecule has 1 aliphatic rings. The molecule has 2 aromatic rings. The van der Waals surface area contributed by atoms with E-state index in [1.807, 2.05) is 36.2 Å². The normalized spacial score (nSPS) is 14.8. The highest BCUT2D eigenvalue weighted by Crippen LogP contribution is 2.26. The van der Waals surface area contributed by atoms with Gasteiger partial charge in [0.15, 0.2) is 0 Å². The summed E-state index contributed by atoms with van der Waals surface area (Å²) in [5, 5.41) is 3.49. The first-order chi connectivity index (χ1) is 13.5. The molecule has 1 heterocycles. The minimum atomic E-state index is -0.194. The summed E-state index contributed by atoms with van der Waals surface area (Å²) < 4.78 is 5.31. The molecule has 0 saturated carbocycles. The number of rotatable bonds is 6. The minimum Gasteiger partial charge on any atom is -0.370 e. The van der Waals surface area contributed by atoms with Gasteiger partial charge in [-0.2, -0.15) is 0 Å². The Bertz CT molecular complexity index is 823. The molecule has 2 N–H and O–H groups in total. The highest BCUT2D eigenvalue weighted by Gasteiger charge is 2.24. The number of hydrogen-bond donors (Lipinski definition) is 2. The third-order valence-corrected chi connectivity index (χ3v) is 5.09. The van der Waals surface area contributed by atoms with Crippen LogP contribution in [0.2, 0.25) is 5.02 Å². The summed E-state index contributed by atoms with van der Waals surface area (Å²) in [5.74, 6) is -0.0478. The van der Waals surface area contributed by atoms with E-state index in [1.165, 1.54) is 0 Å². The van der Waals surface area contributed by atoms with Crippen LogP contribution >= 0.6 is 11.6 Å². The van der Waals surface area contributed by atoms with Crippen LogP contribution in [0.25, 0.3) is 0 Å². The molecule has 2 aromatic carbocycles. The largest absolute Gasteiger partial charge is 0.370 e. The van der Waals surface area contributed by atoms with Gasteiger partial charge >= 0.3 is 5.91 Å². The maximum Gasteiger partial charge on any atom is 0.326 e. The second-order valence-corrected chi connectivity index (χ2v) is 7.30. The van der Waals surface area contributed by atoms with Crippen LogP contribution in [0.3, 0.4) is 0 Å². The molecule has 0 unspecified atom stereocenters. The van der Waals surface area contributed by atoms with Crippen molar-refractivity contribution in [1.82, 2.24) is 4.90 Å². The van der Waals surface area contributed by atoms with Crippen LogP contribution < -0.4 is 10.2 Å². The number of carbonyl (C=O) groups is 2. The molecule has 148 valence electrons. The van der Waals surface area contributed by atoms with E-state index in [0.717, 1.165) is 10.5 Å². The first-order valence-corrected chi connectivity index (χ1v) is 9.70. The number of amides is 2. The molecular formula is C21H25ClN3O3+. The van der Waals surface area contributed by atoms with E-state index in [9.17, 15) is 9.59 Å². The van der Waals surface area contributed by atoms with Crippen molar-refractivity contribution in [3.63, 3.8) is 0 Å². The van der Waals surface area contributed by atoms with E-state index in [0.29, 0.717) is 55.7 Å². The lowest BCUT2D eigenvalue weighted by atomic mass is 10.1. The number of nitrogens with one attached hydrogen (secondary N) is 2. The van der Waals surface area contributed by atoms with Crippen LogP contribution in [0.5, 0.6) is 0 Å². The predicted octanol–water partition coefficient (Wildman–Crippen LogP) is 1.47. The number of halogens is 1. The average Bonchev–Trinajstić information content (AvgIpc) is 2.72. The van der Waals surface area contributed by atoms with Crippen molar-refractivity contribution in [2.24, 2.45) is 0 Å². The van der Waals surface area contributed by atoms with Gasteiger partial charge in [-0.25, -0.2) is 4.79 Å². The number of morpholine rings is 1. The summed E-state index contributed by atoms with van der Waals surface area (Å²) >= 11 is 6.40. The average molecular weight is 403 g/mol. The Morgan fingerprint density at radius 1 is 1.11 bits per heavy atom. The zero-order chi connectivity index (χ0) is 19.9. The Balaban J connectivity index is 1.67. The standard InChI is InChI=1S/C21H24ClN3O3/c1-24(15-20(26)25-10-12-28-13-11-25)14-17-18(22)8-5-9-19(17)23-21(27)16-6-3-2-4-7-16/h2-9H,10-15H2,1H3,(H,23,27)/p+1. The molecule has 1 saturated heterocycles. The number of ether oxygens (including phenoxy) is 1. The minimum absolute atomic E-state index is 0.146. The molecule has 28 heavy (non-hydrogen) atoms. The van der Waals surface area contributed by atoms with E-state index < -0.39 is 0 Å². The van der Waals surface area contributed by atoms with Gasteiger partial charge in [0.05, 0.1) is 13.2 Å². The van der Waals surface area contributed by atoms with Crippen LogP contribution in [-0.4, -0.2) is 56.6 Å². The lowest BCUT2D eigenvalue weighted by Crippen LogP contribution is -3.17. The predicted molar refractivity (Wildman–Crippen MR) is 109 cm³/mol. The fraction of sp³-hybridized carbons (Fsp3) is 0.333. The highest BCUT2D eigenvalue weighted by molar-refractivity contribution is 6.31. The zero-order valence-electron chi connectivity index (χ0n) is 15.9. The fourth-order valence-electron chi connectivity index (χ4n) is 3.20. The molecule has 7 heteroatoms. The molecule has 1 aliphatic heterocycles. The number of benzene rings is 2. The van der Waals surface area contributed by atoms with Crippen molar-refractivity contribution < 1.29 is 19.2 Å². The van der Waals surface area contributed by atoms with Gasteiger partial charge in [0.2, 0.25) is 0 Å². The van der Waals surface area contributed by atoms with Crippen LogP contribution in [0.1, 0.15) is 15.9 Å². The van der Waals surface area contributed by atoms with Crippen molar-refractivity contribution >= 4 is 29.1 Å². The Morgan fingerprint density at radius 3 is 2.54 bits per heavy atom. The van der Waals surface area contributed by atoms with Crippen molar-refractivity contribution in [2.45, 2.75) is 6.54 Å². The molecular weight excluding hydrogens is 378 g/mol. The topological polar surface area (TPSA) is 63.1 Å². The smallest absolute Gasteiger partial charge is 0.326 e. The third kappa shape index (κ3) is 5.39. The number of hydrogen-bond acceptors (Lipinski definition) is 4. The third-order valence-electron chi connectivity index (χ3n) is 4.74. The van der Waals surface area contributed by atoms with Gasteiger partial charge < -0.3 is 10.1 Å². The van der Waals surface area contributed by atoms with Gasteiger partial charge in [0.1, 0.15) is 19.6 Å². The molecule has 0 aromatic heterocycles. The Labute approximate surface area is 170 Å². The van der Waals surface area contributed by atoms with Gasteiger partial charge in [0, 0.05) is 28.4 Å². The molecule has 2 amide bonds. The second kappa shape index (κ2) is 9.80. The second-order valence-electron chi connectivity index (χ2n) is 6.90. The van der Waals surface area contributed by atoms with E-state index in [4.69, 9.17) is 16.3 Å². The molecule has 0 radical (unpaired) electrons. The number of likely N-dealkylation sites (N-methyl/N-ethyl adjacent to an activating group) is 1. The lowest BCUT2D eigenvalue weighted by molar-refractivity contribution is -0.830. The molecule has 1 fully saturated rings. The maximum absolute atomic E-state index is 12.5. The highest BCUT2D eigenvalue weighted by atomic mass is 35.5. The van der Waals surface area contributed by atoms with Crippen LogP contribution in [-0.2, 0) is 16.1 Å². The summed E-state index contributed by atoms with van der Waals surface area (Å²) in [4.78, 5) is 27.9. The van der Waals surface area contributed by atoms with Crippen molar-refractivity contribution in [2.75, 3.05) is 45.2 Å². The van der Waals surface area contributed by atoms with Gasteiger partial charge in [0.25, 0.3) is 5.91 Å². The molecule has 0 atom stereocenters. The Morgan fingerprint density at radius 2 is 1.82 bits per heavy atom. The quantitative estimate of drug-likeness (QED) is 0.768. The lowest BCUT2D eigenvalue weighted by Gasteiger charge is -2.24. The van der Waals surface area contributed by atoms with Gasteiger partial charge in [-0.3, -0.25) is 14.6 Å². The maximum atomic E-state index is 12.5. The molecule has 0 bridgehead atoms. The van der Waals surface area contributed by atoms with E-state index >= 15 is 0 Å². The van der Waals surface area contributed by atoms with E-state index in [2.05, 4.69) is 5.32 Å². The number of carbonyl (C=O) groups excluding carboxylic acids is 2. The summed E-state index contributed by atoms with van der Waals surface area (Å²) in [6.45, 7) is 3.41. The van der Waals surface area contributed by atoms with E-state index in [1.54, 1.807) is 24.3 Å². The summed E-state index contributed by atoms with van der Waals surface area (Å²) in [6, 6.07) is 14.4. The van der Waals surface area contributed by atoms with Crippen molar-refractivity contribution in [3.05, 3.63) is 64.7 Å². The van der Waals surface area contributed by atoms with Crippen LogP contribution in [0.4, 0.5) is 5.69 Å². The van der Waals surface area contributed by atoms with Gasteiger partial charge in [-0.1, -0.05) is 35.9 Å². The van der Waals surface area contributed by atoms with Crippen molar-refractivity contribution in [1.29, 1.82) is 0 Å². The number of anilines is 1. The summed E-state index contributed by atoms with van der Waals surface area (Å²) in [5.41, 5.74) is 2.02. The Hall–Kier alpha value is -2.25. The molecule has 0 aliphatic carbocycles. The number of nitrogens with zero attached hydrogens (tertiary/aromatic N) is 1. The SMILES string of the molecule is CN(CC(=O)[NH+]1CCOCC1)Cc1c(Cl)cccc1NC(=O)c1ccccc1. The van der Waals surface area contributed by atoms with E-state index in [-0.39, 0.29) is 11.8 Å².